The molecule has 0 aromatic carbocycles. The number of carbonyl (C=O) groups is 1. The highest BCUT2D eigenvalue weighted by atomic mass is 19.2. The van der Waals surface area contributed by atoms with Gasteiger partial charge >= 0.3 is 0 Å². The van der Waals surface area contributed by atoms with Gasteiger partial charge in [-0.2, -0.15) is 0 Å². The average Bonchev–Trinajstić information content (AvgIpc) is 2.64. The fourth-order valence-corrected chi connectivity index (χ4v) is 3.76. The number of rotatable bonds is 3. The lowest BCUT2D eigenvalue weighted by molar-refractivity contribution is -0.132. The summed E-state index contributed by atoms with van der Waals surface area (Å²) in [6.07, 6.45) is 3.29. The number of amides is 1. The molecule has 142 valence electrons. The smallest absolute Gasteiger partial charge is 0.222 e. The van der Waals surface area contributed by atoms with Crippen molar-refractivity contribution in [3.05, 3.63) is 22.9 Å². The van der Waals surface area contributed by atoms with E-state index >= 15 is 0 Å². The van der Waals surface area contributed by atoms with E-state index in [2.05, 4.69) is 9.98 Å². The van der Waals surface area contributed by atoms with Crippen LogP contribution in [-0.4, -0.2) is 60.0 Å². The molecule has 0 spiro atoms. The van der Waals surface area contributed by atoms with E-state index < -0.39 is 11.7 Å². The lowest BCUT2D eigenvalue weighted by Crippen LogP contribution is -2.49. The standard InChI is InChI=1S/C19H26F2N4O/c1-4-15(26)24-7-9-25(10-8-24)18-12(2)11-14(16(20)17(18)21)19-22-6-5-13(3)23-19/h6,12-13H,4-5,7-11H2,1-3H3. The highest BCUT2D eigenvalue weighted by Crippen LogP contribution is 2.39. The Morgan fingerprint density at radius 1 is 1.19 bits per heavy atom. The molecule has 1 aliphatic carbocycles. The summed E-state index contributed by atoms with van der Waals surface area (Å²) in [5.41, 5.74) is 0.671. The van der Waals surface area contributed by atoms with E-state index in [1.165, 1.54) is 0 Å². The zero-order valence-corrected chi connectivity index (χ0v) is 15.6. The van der Waals surface area contributed by atoms with Crippen molar-refractivity contribution in [2.45, 2.75) is 46.1 Å². The second-order valence-electron chi connectivity index (χ2n) is 7.17. The zero-order chi connectivity index (χ0) is 18.8. The third kappa shape index (κ3) is 3.57. The molecule has 0 bridgehead atoms. The molecular weight excluding hydrogens is 338 g/mol. The predicted octanol–water partition coefficient (Wildman–Crippen LogP) is 3.25. The quantitative estimate of drug-likeness (QED) is 0.772. The van der Waals surface area contributed by atoms with E-state index in [0.29, 0.717) is 50.6 Å². The molecule has 0 N–H and O–H groups in total. The lowest BCUT2D eigenvalue weighted by Gasteiger charge is -2.40. The fourth-order valence-electron chi connectivity index (χ4n) is 3.76. The largest absolute Gasteiger partial charge is 0.369 e. The number of piperazine rings is 1. The molecule has 2 heterocycles. The summed E-state index contributed by atoms with van der Waals surface area (Å²) in [5.74, 6) is -1.37. The molecule has 0 aromatic heterocycles. The number of aliphatic imine (C=N–C) groups is 2. The molecule has 3 rings (SSSR count). The van der Waals surface area contributed by atoms with Crippen LogP contribution in [0.15, 0.2) is 32.9 Å². The molecule has 0 radical (unpaired) electrons. The van der Waals surface area contributed by atoms with Crippen LogP contribution in [0.4, 0.5) is 8.78 Å². The van der Waals surface area contributed by atoms with Crippen molar-refractivity contribution < 1.29 is 13.6 Å². The van der Waals surface area contributed by atoms with Crippen molar-refractivity contribution in [1.82, 2.24) is 9.80 Å². The summed E-state index contributed by atoms with van der Waals surface area (Å²) < 4.78 is 29.7. The molecular formula is C19H26F2N4O. The van der Waals surface area contributed by atoms with E-state index in [1.807, 2.05) is 25.7 Å². The summed E-state index contributed by atoms with van der Waals surface area (Å²) >= 11 is 0. The fraction of sp³-hybridized carbons (Fsp3) is 0.632. The molecule has 1 amide bonds. The van der Waals surface area contributed by atoms with Gasteiger partial charge in [0.25, 0.3) is 0 Å². The summed E-state index contributed by atoms with van der Waals surface area (Å²) in [4.78, 5) is 24.0. The van der Waals surface area contributed by atoms with E-state index in [4.69, 9.17) is 0 Å². The topological polar surface area (TPSA) is 48.3 Å². The van der Waals surface area contributed by atoms with Crippen molar-refractivity contribution in [1.29, 1.82) is 0 Å². The van der Waals surface area contributed by atoms with Crippen molar-refractivity contribution in [2.75, 3.05) is 26.2 Å². The number of amidine groups is 1. The van der Waals surface area contributed by atoms with E-state index in [-0.39, 0.29) is 23.4 Å². The van der Waals surface area contributed by atoms with Gasteiger partial charge in [0, 0.05) is 56.7 Å². The molecule has 26 heavy (non-hydrogen) atoms. The van der Waals surface area contributed by atoms with Gasteiger partial charge < -0.3 is 9.80 Å². The number of hydrogen-bond donors (Lipinski definition) is 0. The molecule has 0 saturated carbocycles. The monoisotopic (exact) mass is 364 g/mol. The maximum Gasteiger partial charge on any atom is 0.222 e. The van der Waals surface area contributed by atoms with Crippen LogP contribution in [0, 0.1) is 5.92 Å². The van der Waals surface area contributed by atoms with Gasteiger partial charge in [0.1, 0.15) is 0 Å². The van der Waals surface area contributed by atoms with Crippen LogP contribution < -0.4 is 0 Å². The highest BCUT2D eigenvalue weighted by molar-refractivity contribution is 6.04. The molecule has 2 unspecified atom stereocenters. The van der Waals surface area contributed by atoms with Gasteiger partial charge in [-0.05, 0) is 13.3 Å². The van der Waals surface area contributed by atoms with Crippen LogP contribution in [0.5, 0.6) is 0 Å². The SMILES string of the molecule is CCC(=O)N1CCN(C2=C(F)C(F)=C(C3=NC(C)CC=N3)CC2C)CC1. The zero-order valence-electron chi connectivity index (χ0n) is 15.6. The molecule has 2 aliphatic heterocycles. The van der Waals surface area contributed by atoms with E-state index in [0.717, 1.165) is 6.42 Å². The number of hydrogen-bond acceptors (Lipinski definition) is 4. The Labute approximate surface area is 153 Å². The molecule has 1 fully saturated rings. The summed E-state index contributed by atoms with van der Waals surface area (Å²) in [7, 11) is 0. The second-order valence-corrected chi connectivity index (χ2v) is 7.17. The van der Waals surface area contributed by atoms with Crippen LogP contribution in [0.1, 0.15) is 40.0 Å². The Hall–Kier alpha value is -2.05. The van der Waals surface area contributed by atoms with Gasteiger partial charge in [-0.25, -0.2) is 13.8 Å². The van der Waals surface area contributed by atoms with E-state index in [9.17, 15) is 13.6 Å². The average molecular weight is 364 g/mol. The minimum absolute atomic E-state index is 0.0377. The van der Waals surface area contributed by atoms with Gasteiger partial charge in [0.05, 0.1) is 11.7 Å². The maximum absolute atomic E-state index is 14.9. The normalized spacial score (nSPS) is 27.2. The van der Waals surface area contributed by atoms with Crippen LogP contribution in [0.3, 0.4) is 0 Å². The number of nitrogens with zero attached hydrogens (tertiary/aromatic N) is 4. The Bertz CT molecular complexity index is 702. The minimum Gasteiger partial charge on any atom is -0.369 e. The molecule has 5 nitrogen and oxygen atoms in total. The minimum atomic E-state index is -0.838. The lowest BCUT2D eigenvalue weighted by atomic mass is 9.89. The van der Waals surface area contributed by atoms with Gasteiger partial charge in [-0.1, -0.05) is 13.8 Å². The molecule has 7 heteroatoms. The van der Waals surface area contributed by atoms with Gasteiger partial charge in [0.2, 0.25) is 5.91 Å². The molecule has 1 saturated heterocycles. The summed E-state index contributed by atoms with van der Waals surface area (Å²) in [6.45, 7) is 7.81. The molecule has 3 aliphatic rings. The third-order valence-electron chi connectivity index (χ3n) is 5.21. The highest BCUT2D eigenvalue weighted by Gasteiger charge is 2.34. The predicted molar refractivity (Wildman–Crippen MR) is 98.5 cm³/mol. The molecule has 2 atom stereocenters. The first kappa shape index (κ1) is 18.7. The number of allylic oxidation sites excluding steroid dienone is 3. The Balaban J connectivity index is 1.82. The second kappa shape index (κ2) is 7.68. The molecule has 0 aromatic rings. The third-order valence-corrected chi connectivity index (χ3v) is 5.21. The van der Waals surface area contributed by atoms with E-state index in [1.54, 1.807) is 11.1 Å². The van der Waals surface area contributed by atoms with Crippen molar-refractivity contribution in [3.63, 3.8) is 0 Å². The van der Waals surface area contributed by atoms with Gasteiger partial charge in [-0.15, -0.1) is 0 Å². The Kier molecular flexibility index (Phi) is 5.53. The first-order chi connectivity index (χ1) is 12.4. The first-order valence-corrected chi connectivity index (χ1v) is 9.34. The van der Waals surface area contributed by atoms with Crippen LogP contribution >= 0.6 is 0 Å². The summed E-state index contributed by atoms with van der Waals surface area (Å²) in [6, 6.07) is 0.0377. The van der Waals surface area contributed by atoms with Gasteiger partial charge in [-0.3, -0.25) is 9.79 Å². The van der Waals surface area contributed by atoms with Crippen LogP contribution in [-0.2, 0) is 4.79 Å². The van der Waals surface area contributed by atoms with Crippen molar-refractivity contribution in [3.8, 4) is 0 Å². The van der Waals surface area contributed by atoms with Crippen molar-refractivity contribution >= 4 is 18.0 Å². The number of halogens is 2. The Morgan fingerprint density at radius 2 is 1.88 bits per heavy atom. The van der Waals surface area contributed by atoms with Crippen LogP contribution in [0.2, 0.25) is 0 Å². The first-order valence-electron chi connectivity index (χ1n) is 9.34. The Morgan fingerprint density at radius 3 is 2.50 bits per heavy atom. The maximum atomic E-state index is 14.9. The summed E-state index contributed by atoms with van der Waals surface area (Å²) in [5, 5.41) is 0. The van der Waals surface area contributed by atoms with Crippen LogP contribution in [0.25, 0.3) is 0 Å². The van der Waals surface area contributed by atoms with Crippen molar-refractivity contribution in [2.24, 2.45) is 15.9 Å². The number of carbonyl (C=O) groups excluding carboxylic acids is 1. The van der Waals surface area contributed by atoms with Gasteiger partial charge in [0.15, 0.2) is 17.5 Å².